The minimum Gasteiger partial charge on any atom is -0.508 e. The molecular formula is C25H23N3O3S. The number of phenolic OH excluding ortho intramolecular Hbond substituents is 1. The number of rotatable bonds is 5. The number of aromatic nitrogens is 2. The van der Waals surface area contributed by atoms with Gasteiger partial charge >= 0.3 is 0 Å². The lowest BCUT2D eigenvalue weighted by Crippen LogP contribution is -2.36. The molecule has 0 radical (unpaired) electrons. The second-order valence-electron chi connectivity index (χ2n) is 8.17. The summed E-state index contributed by atoms with van der Waals surface area (Å²) in [5.74, 6) is 0.935. The first kappa shape index (κ1) is 20.6. The molecule has 1 fully saturated rings. The number of hydrogen-bond acceptors (Lipinski definition) is 6. The van der Waals surface area contributed by atoms with Gasteiger partial charge in [0.1, 0.15) is 16.4 Å². The van der Waals surface area contributed by atoms with E-state index in [9.17, 15) is 14.7 Å². The standard InChI is InChI=1S/C25H23N3O3S/c29-19-8-6-17(7-9-19)23(30)18-10-12-28(13-11-18)15-22-26-24(31)20-14-21(32-25(20)27-22)16-4-2-1-3-5-16/h1-9,14,18,29H,10-13,15H2,(H,26,27,31). The van der Waals surface area contributed by atoms with Crippen molar-refractivity contribution in [2.24, 2.45) is 5.92 Å². The average molecular weight is 446 g/mol. The highest BCUT2D eigenvalue weighted by Gasteiger charge is 2.26. The highest BCUT2D eigenvalue weighted by atomic mass is 32.1. The number of aromatic amines is 1. The molecule has 0 unspecified atom stereocenters. The largest absolute Gasteiger partial charge is 0.508 e. The average Bonchev–Trinajstić information content (AvgIpc) is 3.25. The predicted octanol–water partition coefficient (Wildman–Crippen LogP) is 4.45. The molecule has 0 atom stereocenters. The number of H-pyrrole nitrogens is 1. The van der Waals surface area contributed by atoms with Gasteiger partial charge in [-0.3, -0.25) is 14.5 Å². The normalized spacial score (nSPS) is 15.2. The number of piperidine rings is 1. The van der Waals surface area contributed by atoms with Gasteiger partial charge in [0.2, 0.25) is 0 Å². The zero-order valence-corrected chi connectivity index (χ0v) is 18.3. The predicted molar refractivity (Wildman–Crippen MR) is 126 cm³/mol. The quantitative estimate of drug-likeness (QED) is 0.443. The van der Waals surface area contributed by atoms with E-state index in [0.717, 1.165) is 41.2 Å². The molecule has 2 N–H and O–H groups in total. The lowest BCUT2D eigenvalue weighted by molar-refractivity contribution is 0.0833. The van der Waals surface area contributed by atoms with Crippen LogP contribution < -0.4 is 5.56 Å². The summed E-state index contributed by atoms with van der Waals surface area (Å²) in [6, 6.07) is 18.4. The molecule has 1 aliphatic heterocycles. The fraction of sp³-hybridized carbons (Fsp3) is 0.240. The van der Waals surface area contributed by atoms with Crippen LogP contribution in [0.5, 0.6) is 5.75 Å². The molecule has 0 bridgehead atoms. The summed E-state index contributed by atoms with van der Waals surface area (Å²) in [6.45, 7) is 2.11. The van der Waals surface area contributed by atoms with Crippen molar-refractivity contribution in [2.45, 2.75) is 19.4 Å². The summed E-state index contributed by atoms with van der Waals surface area (Å²) in [6.07, 6.45) is 1.53. The second-order valence-corrected chi connectivity index (χ2v) is 9.20. The van der Waals surface area contributed by atoms with Crippen molar-refractivity contribution in [2.75, 3.05) is 13.1 Å². The molecule has 0 amide bonds. The summed E-state index contributed by atoms with van der Waals surface area (Å²) >= 11 is 1.53. The third-order valence-electron chi connectivity index (χ3n) is 5.99. The molecule has 162 valence electrons. The molecule has 0 saturated carbocycles. The number of aromatic hydroxyl groups is 1. The third kappa shape index (κ3) is 4.22. The van der Waals surface area contributed by atoms with Gasteiger partial charge in [-0.2, -0.15) is 0 Å². The number of likely N-dealkylation sites (tertiary alicyclic amines) is 1. The molecule has 7 heteroatoms. The Hall–Kier alpha value is -3.29. The first-order valence-electron chi connectivity index (χ1n) is 10.7. The van der Waals surface area contributed by atoms with Crippen LogP contribution in [0.2, 0.25) is 0 Å². The minimum absolute atomic E-state index is 0.0176. The first-order valence-corrected chi connectivity index (χ1v) is 11.5. The van der Waals surface area contributed by atoms with Crippen LogP contribution in [0.4, 0.5) is 0 Å². The van der Waals surface area contributed by atoms with Gasteiger partial charge < -0.3 is 10.1 Å². The van der Waals surface area contributed by atoms with E-state index < -0.39 is 0 Å². The van der Waals surface area contributed by atoms with Gasteiger partial charge in [-0.15, -0.1) is 11.3 Å². The Morgan fingerprint density at radius 2 is 1.81 bits per heavy atom. The number of nitrogens with zero attached hydrogens (tertiary/aromatic N) is 2. The monoisotopic (exact) mass is 445 g/mol. The third-order valence-corrected chi connectivity index (χ3v) is 7.07. The van der Waals surface area contributed by atoms with Crippen LogP contribution in [0.15, 0.2) is 65.5 Å². The number of Topliss-reactive ketones (excluding diaryl/α,β-unsaturated/α-hetero) is 1. The Labute approximate surface area is 189 Å². The van der Waals surface area contributed by atoms with E-state index >= 15 is 0 Å². The van der Waals surface area contributed by atoms with Crippen molar-refractivity contribution >= 4 is 27.3 Å². The number of fused-ring (bicyclic) bond motifs is 1. The molecule has 2 aromatic heterocycles. The number of phenols is 1. The summed E-state index contributed by atoms with van der Waals surface area (Å²) in [5.41, 5.74) is 1.61. The van der Waals surface area contributed by atoms with E-state index in [1.165, 1.54) is 11.3 Å². The van der Waals surface area contributed by atoms with Crippen molar-refractivity contribution in [3.8, 4) is 16.2 Å². The highest BCUT2D eigenvalue weighted by Crippen LogP contribution is 2.31. The van der Waals surface area contributed by atoms with Gasteiger partial charge in [0.25, 0.3) is 5.56 Å². The van der Waals surface area contributed by atoms with E-state index in [-0.39, 0.29) is 23.0 Å². The number of carbonyl (C=O) groups excluding carboxylic acids is 1. The fourth-order valence-electron chi connectivity index (χ4n) is 4.22. The van der Waals surface area contributed by atoms with Crippen LogP contribution in [0.1, 0.15) is 29.0 Å². The summed E-state index contributed by atoms with van der Waals surface area (Å²) in [5, 5.41) is 10.0. The smallest absolute Gasteiger partial charge is 0.259 e. The number of carbonyl (C=O) groups is 1. The summed E-state index contributed by atoms with van der Waals surface area (Å²) in [4.78, 5) is 37.0. The Morgan fingerprint density at radius 3 is 2.53 bits per heavy atom. The van der Waals surface area contributed by atoms with E-state index in [1.54, 1.807) is 24.3 Å². The maximum absolute atomic E-state index is 12.7. The number of nitrogens with one attached hydrogen (secondary N) is 1. The van der Waals surface area contributed by atoms with Crippen molar-refractivity contribution in [3.63, 3.8) is 0 Å². The van der Waals surface area contributed by atoms with Crippen LogP contribution in [0.3, 0.4) is 0 Å². The molecule has 5 rings (SSSR count). The van der Waals surface area contributed by atoms with Gasteiger partial charge in [-0.05, 0) is 61.8 Å². The Balaban J connectivity index is 1.27. The summed E-state index contributed by atoms with van der Waals surface area (Å²) in [7, 11) is 0. The minimum atomic E-state index is -0.110. The van der Waals surface area contributed by atoms with E-state index in [1.807, 2.05) is 36.4 Å². The molecule has 1 aliphatic rings. The first-order chi connectivity index (χ1) is 15.6. The Morgan fingerprint density at radius 1 is 1.09 bits per heavy atom. The maximum Gasteiger partial charge on any atom is 0.259 e. The molecule has 1 saturated heterocycles. The van der Waals surface area contributed by atoms with Gasteiger partial charge in [0.05, 0.1) is 11.9 Å². The van der Waals surface area contributed by atoms with Crippen LogP contribution in [0.25, 0.3) is 20.7 Å². The molecule has 0 aliphatic carbocycles. The molecule has 0 spiro atoms. The Kier molecular flexibility index (Phi) is 5.59. The number of ketones is 1. The summed E-state index contributed by atoms with van der Waals surface area (Å²) < 4.78 is 0. The highest BCUT2D eigenvalue weighted by molar-refractivity contribution is 7.21. The van der Waals surface area contributed by atoms with Crippen LogP contribution in [-0.2, 0) is 6.54 Å². The SMILES string of the molecule is O=C(c1ccc(O)cc1)C1CCN(Cc2nc3sc(-c4ccccc4)cc3c(=O)[nH]2)CC1. The zero-order chi connectivity index (χ0) is 22.1. The molecule has 32 heavy (non-hydrogen) atoms. The van der Waals surface area contributed by atoms with Crippen LogP contribution in [0, 0.1) is 5.92 Å². The van der Waals surface area contributed by atoms with Gasteiger partial charge in [-0.1, -0.05) is 30.3 Å². The van der Waals surface area contributed by atoms with E-state index in [4.69, 9.17) is 4.98 Å². The van der Waals surface area contributed by atoms with Crippen molar-refractivity contribution in [1.29, 1.82) is 0 Å². The van der Waals surface area contributed by atoms with Gasteiger partial charge in [-0.25, -0.2) is 4.98 Å². The molecule has 4 aromatic rings. The number of benzene rings is 2. The van der Waals surface area contributed by atoms with Gasteiger partial charge in [0.15, 0.2) is 5.78 Å². The lowest BCUT2D eigenvalue weighted by atomic mass is 9.89. The van der Waals surface area contributed by atoms with Gasteiger partial charge in [0, 0.05) is 16.4 Å². The van der Waals surface area contributed by atoms with Crippen LogP contribution >= 0.6 is 11.3 Å². The fourth-order valence-corrected chi connectivity index (χ4v) is 5.28. The number of hydrogen-bond donors (Lipinski definition) is 2. The second kappa shape index (κ2) is 8.68. The molecular weight excluding hydrogens is 422 g/mol. The number of thiophene rings is 1. The zero-order valence-electron chi connectivity index (χ0n) is 17.5. The van der Waals surface area contributed by atoms with Crippen molar-refractivity contribution in [1.82, 2.24) is 14.9 Å². The van der Waals surface area contributed by atoms with Crippen molar-refractivity contribution < 1.29 is 9.90 Å². The molecule has 6 nitrogen and oxygen atoms in total. The van der Waals surface area contributed by atoms with Crippen LogP contribution in [-0.4, -0.2) is 38.8 Å². The maximum atomic E-state index is 12.7. The molecule has 2 aromatic carbocycles. The van der Waals surface area contributed by atoms with Crippen molar-refractivity contribution in [3.05, 3.63) is 82.4 Å². The van der Waals surface area contributed by atoms with E-state index in [2.05, 4.69) is 9.88 Å². The van der Waals surface area contributed by atoms with E-state index in [0.29, 0.717) is 23.3 Å². The molecule has 3 heterocycles. The topological polar surface area (TPSA) is 86.3 Å². The lowest BCUT2D eigenvalue weighted by Gasteiger charge is -2.30. The Bertz CT molecular complexity index is 1300.